The Balaban J connectivity index is 1.40. The monoisotopic (exact) mass is 380 g/mol. The molecule has 1 aliphatic heterocycles. The van der Waals surface area contributed by atoms with Crippen LogP contribution in [0.25, 0.3) is 22.4 Å². The fraction of sp³-hybridized carbons (Fsp3) is 0.368. The maximum atomic E-state index is 13.6. The van der Waals surface area contributed by atoms with Gasteiger partial charge in [0.15, 0.2) is 5.82 Å². The highest BCUT2D eigenvalue weighted by molar-refractivity contribution is 5.76. The molecule has 0 amide bonds. The molecule has 0 unspecified atom stereocenters. The first-order valence-electron chi connectivity index (χ1n) is 9.40. The highest BCUT2D eigenvalue weighted by Gasteiger charge is 2.24. The Morgan fingerprint density at radius 2 is 2.07 bits per heavy atom. The largest absolute Gasteiger partial charge is 0.327 e. The normalized spacial score (nSPS) is 14.7. The number of aryl methyl sites for hydroxylation is 2. The summed E-state index contributed by atoms with van der Waals surface area (Å²) in [5, 5.41) is 13.0. The van der Waals surface area contributed by atoms with Crippen LogP contribution in [-0.4, -0.2) is 45.5 Å². The molecule has 5 rings (SSSR count). The number of halogens is 1. The van der Waals surface area contributed by atoms with Gasteiger partial charge in [-0.3, -0.25) is 9.58 Å². The molecule has 0 aliphatic carbocycles. The lowest BCUT2D eigenvalue weighted by Gasteiger charge is -2.27. The Morgan fingerprint density at radius 3 is 2.86 bits per heavy atom. The van der Waals surface area contributed by atoms with E-state index >= 15 is 0 Å². The topological polar surface area (TPSA) is 69.6 Å². The van der Waals surface area contributed by atoms with Gasteiger partial charge in [-0.2, -0.15) is 5.10 Å². The van der Waals surface area contributed by atoms with E-state index in [0.29, 0.717) is 18.6 Å². The van der Waals surface area contributed by atoms with E-state index in [1.165, 1.54) is 12.1 Å². The lowest BCUT2D eigenvalue weighted by molar-refractivity contribution is 0.202. The average molecular weight is 380 g/mol. The van der Waals surface area contributed by atoms with Crippen LogP contribution in [-0.2, 0) is 33.2 Å². The van der Waals surface area contributed by atoms with Gasteiger partial charge in [-0.1, -0.05) is 0 Å². The molecule has 144 valence electrons. The number of benzene rings is 1. The molecule has 4 aromatic rings. The molecule has 0 saturated carbocycles. The third kappa shape index (κ3) is 2.78. The summed E-state index contributed by atoms with van der Waals surface area (Å²) >= 11 is 0. The Bertz CT molecular complexity index is 1150. The van der Waals surface area contributed by atoms with Gasteiger partial charge in [-0.15, -0.1) is 10.2 Å². The van der Waals surface area contributed by atoms with Gasteiger partial charge in [-0.25, -0.2) is 9.37 Å². The van der Waals surface area contributed by atoms with Crippen molar-refractivity contribution in [1.82, 2.24) is 39.0 Å². The van der Waals surface area contributed by atoms with E-state index in [1.54, 1.807) is 10.7 Å². The van der Waals surface area contributed by atoms with Gasteiger partial charge in [-0.05, 0) is 19.1 Å². The molecule has 9 heteroatoms. The molecule has 28 heavy (non-hydrogen) atoms. The maximum Gasteiger partial charge on any atom is 0.167 e. The van der Waals surface area contributed by atoms with E-state index in [-0.39, 0.29) is 5.82 Å². The predicted molar refractivity (Wildman–Crippen MR) is 102 cm³/mol. The Kier molecular flexibility index (Phi) is 3.97. The van der Waals surface area contributed by atoms with E-state index in [2.05, 4.69) is 41.2 Å². The second kappa shape index (κ2) is 6.52. The molecular weight excluding hydrogens is 359 g/mol. The zero-order valence-electron chi connectivity index (χ0n) is 15.9. The SMILES string of the molecule is CCn1c(CN2CCn3c(nnc3-c3cnn(C)c3)C2)nc2cc(F)ccc21. The zero-order chi connectivity index (χ0) is 19.3. The molecule has 1 aromatic carbocycles. The first-order chi connectivity index (χ1) is 13.6. The molecule has 0 saturated heterocycles. The molecule has 0 radical (unpaired) electrons. The van der Waals surface area contributed by atoms with Gasteiger partial charge < -0.3 is 9.13 Å². The first-order valence-corrected chi connectivity index (χ1v) is 9.40. The Morgan fingerprint density at radius 1 is 1.18 bits per heavy atom. The number of aromatic nitrogens is 7. The highest BCUT2D eigenvalue weighted by Crippen LogP contribution is 2.23. The summed E-state index contributed by atoms with van der Waals surface area (Å²) in [6.45, 7) is 5.97. The lowest BCUT2D eigenvalue weighted by atomic mass is 10.3. The molecule has 8 nitrogen and oxygen atoms in total. The number of hydrogen-bond donors (Lipinski definition) is 0. The fourth-order valence-corrected chi connectivity index (χ4v) is 3.92. The minimum atomic E-state index is -0.256. The number of nitrogens with zero attached hydrogens (tertiary/aromatic N) is 8. The van der Waals surface area contributed by atoms with Crippen molar-refractivity contribution in [3.05, 3.63) is 48.1 Å². The van der Waals surface area contributed by atoms with Gasteiger partial charge in [0, 0.05) is 38.9 Å². The van der Waals surface area contributed by atoms with Crippen LogP contribution in [0, 0.1) is 5.82 Å². The van der Waals surface area contributed by atoms with Crippen LogP contribution in [0.2, 0.25) is 0 Å². The van der Waals surface area contributed by atoms with Crippen LogP contribution in [0.1, 0.15) is 18.6 Å². The van der Waals surface area contributed by atoms with Crippen LogP contribution in [0.15, 0.2) is 30.6 Å². The van der Waals surface area contributed by atoms with Crippen molar-refractivity contribution in [3.8, 4) is 11.4 Å². The summed E-state index contributed by atoms with van der Waals surface area (Å²) in [5.74, 6) is 2.49. The van der Waals surface area contributed by atoms with Crippen LogP contribution in [0.4, 0.5) is 4.39 Å². The molecule has 3 aromatic heterocycles. The van der Waals surface area contributed by atoms with Crippen LogP contribution in [0.5, 0.6) is 0 Å². The summed E-state index contributed by atoms with van der Waals surface area (Å²) in [7, 11) is 1.89. The van der Waals surface area contributed by atoms with Gasteiger partial charge in [0.25, 0.3) is 0 Å². The Hall–Kier alpha value is -3.07. The number of rotatable bonds is 4. The van der Waals surface area contributed by atoms with Gasteiger partial charge >= 0.3 is 0 Å². The molecule has 4 heterocycles. The molecule has 0 fully saturated rings. The van der Waals surface area contributed by atoms with Crippen molar-refractivity contribution in [1.29, 1.82) is 0 Å². The number of imidazole rings is 1. The van der Waals surface area contributed by atoms with Crippen LogP contribution < -0.4 is 0 Å². The highest BCUT2D eigenvalue weighted by atomic mass is 19.1. The quantitative estimate of drug-likeness (QED) is 0.543. The first kappa shape index (κ1) is 17.1. The third-order valence-electron chi connectivity index (χ3n) is 5.27. The van der Waals surface area contributed by atoms with Gasteiger partial charge in [0.2, 0.25) is 0 Å². The molecular formula is C19H21FN8. The van der Waals surface area contributed by atoms with Crippen molar-refractivity contribution < 1.29 is 4.39 Å². The van der Waals surface area contributed by atoms with Crippen LogP contribution in [0.3, 0.4) is 0 Å². The molecule has 0 N–H and O–H groups in total. The molecule has 1 aliphatic rings. The fourth-order valence-electron chi connectivity index (χ4n) is 3.92. The van der Waals surface area contributed by atoms with E-state index in [1.807, 2.05) is 19.4 Å². The standard InChI is InChI=1S/C19H21FN8/c1-3-27-16-5-4-14(20)8-15(16)22-17(27)11-26-6-7-28-18(12-26)23-24-19(28)13-9-21-25(2)10-13/h4-5,8-10H,3,6-7,11-12H2,1-2H3. The summed E-state index contributed by atoms with van der Waals surface area (Å²) in [6.07, 6.45) is 3.76. The minimum Gasteiger partial charge on any atom is -0.327 e. The van der Waals surface area contributed by atoms with E-state index in [4.69, 9.17) is 0 Å². The van der Waals surface area contributed by atoms with Crippen molar-refractivity contribution in [3.63, 3.8) is 0 Å². The molecule has 0 bridgehead atoms. The lowest BCUT2D eigenvalue weighted by Crippen LogP contribution is -2.34. The zero-order valence-corrected chi connectivity index (χ0v) is 15.9. The molecule has 0 atom stereocenters. The second-order valence-corrected chi connectivity index (χ2v) is 7.11. The number of fused-ring (bicyclic) bond motifs is 2. The van der Waals surface area contributed by atoms with Crippen molar-refractivity contribution >= 4 is 11.0 Å². The van der Waals surface area contributed by atoms with E-state index in [0.717, 1.165) is 48.2 Å². The number of hydrogen-bond acceptors (Lipinski definition) is 5. The summed E-state index contributed by atoms with van der Waals surface area (Å²) in [4.78, 5) is 6.98. The average Bonchev–Trinajstić information content (AvgIpc) is 3.37. The van der Waals surface area contributed by atoms with Crippen molar-refractivity contribution in [2.75, 3.05) is 6.54 Å². The van der Waals surface area contributed by atoms with Crippen molar-refractivity contribution in [2.24, 2.45) is 7.05 Å². The summed E-state index contributed by atoms with van der Waals surface area (Å²) in [6, 6.07) is 4.79. The summed E-state index contributed by atoms with van der Waals surface area (Å²) < 4.78 is 19.6. The van der Waals surface area contributed by atoms with Crippen molar-refractivity contribution in [2.45, 2.75) is 33.1 Å². The van der Waals surface area contributed by atoms with Gasteiger partial charge in [0.05, 0.1) is 35.9 Å². The predicted octanol–water partition coefficient (Wildman–Crippen LogP) is 2.20. The van der Waals surface area contributed by atoms with E-state index in [9.17, 15) is 4.39 Å². The molecule has 0 spiro atoms. The maximum absolute atomic E-state index is 13.6. The third-order valence-corrected chi connectivity index (χ3v) is 5.27. The van der Waals surface area contributed by atoms with Crippen LogP contribution >= 0.6 is 0 Å². The minimum absolute atomic E-state index is 0.256. The van der Waals surface area contributed by atoms with Gasteiger partial charge in [0.1, 0.15) is 17.5 Å². The van der Waals surface area contributed by atoms with E-state index < -0.39 is 0 Å². The summed E-state index contributed by atoms with van der Waals surface area (Å²) in [5.41, 5.74) is 2.65. The second-order valence-electron chi connectivity index (χ2n) is 7.11. The smallest absolute Gasteiger partial charge is 0.167 e. The Labute approximate surface area is 161 Å².